The molecule has 0 aliphatic carbocycles. The zero-order chi connectivity index (χ0) is 47.4. The molecule has 3 aromatic heterocycles. The molecule has 1 aliphatic rings. The second-order valence-corrected chi connectivity index (χ2v) is 19.4. The van der Waals surface area contributed by atoms with Crippen LogP contribution in [0.4, 0.5) is 0 Å². The summed E-state index contributed by atoms with van der Waals surface area (Å²) in [5.74, 6) is 0.639. The number of fused-ring (bicyclic) bond motifs is 12. The van der Waals surface area contributed by atoms with Gasteiger partial charge >= 0.3 is 0 Å². The van der Waals surface area contributed by atoms with Crippen LogP contribution in [0.15, 0.2) is 245 Å². The van der Waals surface area contributed by atoms with E-state index < -0.39 is 0 Å². The van der Waals surface area contributed by atoms with Crippen molar-refractivity contribution in [2.24, 2.45) is 15.9 Å². The van der Waals surface area contributed by atoms with Gasteiger partial charge in [0.1, 0.15) is 11.2 Å². The second kappa shape index (κ2) is 15.9. The van der Waals surface area contributed by atoms with Crippen molar-refractivity contribution in [3.63, 3.8) is 0 Å². The van der Waals surface area contributed by atoms with Gasteiger partial charge in [-0.1, -0.05) is 165 Å². The quantitative estimate of drug-likeness (QED) is 0.170. The molecule has 11 aromatic carbocycles. The molecule has 0 amide bonds. The molecule has 5 nitrogen and oxygen atoms in total. The Morgan fingerprint density at radius 2 is 0.986 bits per heavy atom. The molecule has 5 heteroatoms. The third-order valence-corrected chi connectivity index (χ3v) is 15.1. The normalized spacial score (nSPS) is 15.2. The summed E-state index contributed by atoms with van der Waals surface area (Å²) in [6.45, 7) is 2.32. The number of hydrogen-bond acceptors (Lipinski definition) is 3. The van der Waals surface area contributed by atoms with Crippen LogP contribution < -0.4 is 0 Å². The van der Waals surface area contributed by atoms with E-state index >= 15 is 0 Å². The summed E-state index contributed by atoms with van der Waals surface area (Å²) in [6, 6.07) is 81.1. The fourth-order valence-electron chi connectivity index (χ4n) is 11.6. The Labute approximate surface area is 414 Å². The summed E-state index contributed by atoms with van der Waals surface area (Å²) < 4.78 is 11.6. The van der Waals surface area contributed by atoms with Crippen LogP contribution in [0.1, 0.15) is 30.0 Å². The van der Waals surface area contributed by atoms with E-state index in [1.54, 1.807) is 0 Å². The first-order valence-electron chi connectivity index (χ1n) is 24.9. The molecule has 0 N–H and O–H groups in total. The minimum atomic E-state index is -0.0189. The highest BCUT2D eigenvalue weighted by atomic mass is 16.3. The molecule has 0 bridgehead atoms. The Morgan fingerprint density at radius 1 is 0.403 bits per heavy atom. The first-order valence-corrected chi connectivity index (χ1v) is 24.9. The van der Waals surface area contributed by atoms with Gasteiger partial charge in [0.05, 0.1) is 39.2 Å². The van der Waals surface area contributed by atoms with Crippen molar-refractivity contribution < 1.29 is 4.42 Å². The molecule has 15 rings (SSSR count). The summed E-state index contributed by atoms with van der Waals surface area (Å²) in [6.07, 6.45) is 3.05. The van der Waals surface area contributed by atoms with Crippen LogP contribution in [-0.4, -0.2) is 20.7 Å². The number of aromatic nitrogens is 2. The van der Waals surface area contributed by atoms with Crippen molar-refractivity contribution in [2.45, 2.75) is 13.3 Å². The molecule has 72 heavy (non-hydrogen) atoms. The standard InChI is InChI=1S/C67H44N4O/c1-41-27-32-58(48-29-28-42-15-5-6-16-43(42)33-48)68-67(49-30-31-52-51-23-11-13-25-59(51)70(60(52)38-49)50-21-3-2-4-22-50)69-66(41)57-39-56-53-24-12-14-26-64(53)72-65(56)40-63(57)71-61-36-46-19-9-7-17-44(46)34-54(61)55-35-45-18-8-10-20-47(45)37-62(55)71/h2-26,28-41H,27H2,1H3/b58-32+,68-67?,69-66?. The van der Waals surface area contributed by atoms with E-state index in [2.05, 4.69) is 241 Å². The van der Waals surface area contributed by atoms with Crippen molar-refractivity contribution in [3.8, 4) is 11.4 Å². The number of rotatable bonds is 5. The van der Waals surface area contributed by atoms with Crippen LogP contribution >= 0.6 is 0 Å². The Balaban J connectivity index is 1.04. The smallest absolute Gasteiger partial charge is 0.160 e. The number of allylic oxidation sites excluding steroid dienone is 1. The summed E-state index contributed by atoms with van der Waals surface area (Å²) in [5.41, 5.74) is 13.2. The topological polar surface area (TPSA) is 47.7 Å². The van der Waals surface area contributed by atoms with Gasteiger partial charge in [0.2, 0.25) is 0 Å². The van der Waals surface area contributed by atoms with E-state index in [0.717, 1.165) is 89.9 Å². The molecule has 4 heterocycles. The lowest BCUT2D eigenvalue weighted by Crippen LogP contribution is -2.19. The van der Waals surface area contributed by atoms with Gasteiger partial charge in [-0.15, -0.1) is 0 Å². The molecule has 1 atom stereocenters. The van der Waals surface area contributed by atoms with Crippen LogP contribution in [0, 0.1) is 5.92 Å². The largest absolute Gasteiger partial charge is 0.456 e. The van der Waals surface area contributed by atoms with E-state index in [1.807, 2.05) is 6.07 Å². The minimum absolute atomic E-state index is 0.0189. The van der Waals surface area contributed by atoms with Crippen LogP contribution in [-0.2, 0) is 0 Å². The molecule has 1 unspecified atom stereocenters. The highest BCUT2D eigenvalue weighted by molar-refractivity contribution is 6.22. The maximum atomic E-state index is 6.78. The van der Waals surface area contributed by atoms with Gasteiger partial charge in [-0.25, -0.2) is 9.98 Å². The molecule has 0 saturated carbocycles. The van der Waals surface area contributed by atoms with Crippen LogP contribution in [0.2, 0.25) is 0 Å². The molecule has 338 valence electrons. The minimum Gasteiger partial charge on any atom is -0.456 e. The van der Waals surface area contributed by atoms with Crippen molar-refractivity contribution in [2.75, 3.05) is 0 Å². The summed E-state index contributed by atoms with van der Waals surface area (Å²) in [7, 11) is 0. The molecule has 0 fully saturated rings. The Kier molecular flexibility index (Phi) is 8.93. The van der Waals surface area contributed by atoms with E-state index in [4.69, 9.17) is 14.4 Å². The lowest BCUT2D eigenvalue weighted by molar-refractivity contribution is 0.668. The van der Waals surface area contributed by atoms with E-state index in [-0.39, 0.29) is 5.92 Å². The first-order chi connectivity index (χ1) is 35.6. The molecule has 0 saturated heterocycles. The summed E-state index contributed by atoms with van der Waals surface area (Å²) in [4.78, 5) is 11.6. The van der Waals surface area contributed by atoms with Gasteiger partial charge in [-0.3, -0.25) is 0 Å². The van der Waals surface area contributed by atoms with Gasteiger partial charge in [-0.05, 0) is 105 Å². The first kappa shape index (κ1) is 40.6. The van der Waals surface area contributed by atoms with Crippen LogP contribution in [0.3, 0.4) is 0 Å². The van der Waals surface area contributed by atoms with Crippen molar-refractivity contribution in [1.29, 1.82) is 0 Å². The Hall–Kier alpha value is -9.32. The Bertz CT molecular complexity index is 4580. The molecule has 0 radical (unpaired) electrons. The fourth-order valence-corrected chi connectivity index (χ4v) is 11.6. The van der Waals surface area contributed by atoms with Crippen LogP contribution in [0.25, 0.3) is 115 Å². The maximum absolute atomic E-state index is 6.78. The van der Waals surface area contributed by atoms with Gasteiger partial charge in [0, 0.05) is 66.7 Å². The van der Waals surface area contributed by atoms with Gasteiger partial charge < -0.3 is 13.6 Å². The molecular weight excluding hydrogens is 877 g/mol. The number of aliphatic imine (C=N–C) groups is 2. The van der Waals surface area contributed by atoms with Crippen molar-refractivity contribution in [3.05, 3.63) is 247 Å². The van der Waals surface area contributed by atoms with E-state index in [0.29, 0.717) is 5.84 Å². The number of benzene rings is 11. The fraction of sp³-hybridized carbons (Fsp3) is 0.0448. The number of amidine groups is 1. The molecule has 1 aliphatic heterocycles. The maximum Gasteiger partial charge on any atom is 0.160 e. The average molecular weight is 921 g/mol. The average Bonchev–Trinajstić information content (AvgIpc) is 4.07. The Morgan fingerprint density at radius 3 is 1.72 bits per heavy atom. The summed E-state index contributed by atoms with van der Waals surface area (Å²) >= 11 is 0. The lowest BCUT2D eigenvalue weighted by Gasteiger charge is -2.22. The number of nitrogens with zero attached hydrogens (tertiary/aromatic N) is 4. The van der Waals surface area contributed by atoms with Gasteiger partial charge in [-0.2, -0.15) is 0 Å². The van der Waals surface area contributed by atoms with E-state index in [9.17, 15) is 0 Å². The predicted octanol–water partition coefficient (Wildman–Crippen LogP) is 17.6. The zero-order valence-corrected chi connectivity index (χ0v) is 39.4. The number of hydrogen-bond donors (Lipinski definition) is 0. The lowest BCUT2D eigenvalue weighted by atomic mass is 9.91. The SMILES string of the molecule is CC1C/C=C(\c2ccc3ccccc3c2)N=C(c2ccc3c4ccccc4n(-c4ccccc4)c3c2)N=C1c1cc2c(cc1-n1c3cc4ccccc4cc3c3cc4ccccc4cc31)oc1ccccc12. The molecular formula is C67H44N4O. The summed E-state index contributed by atoms with van der Waals surface area (Å²) in [5, 5.41) is 14.1. The predicted molar refractivity (Wildman–Crippen MR) is 303 cm³/mol. The third-order valence-electron chi connectivity index (χ3n) is 15.1. The zero-order valence-electron chi connectivity index (χ0n) is 39.4. The van der Waals surface area contributed by atoms with Crippen molar-refractivity contribution in [1.82, 2.24) is 9.13 Å². The third kappa shape index (κ3) is 6.34. The van der Waals surface area contributed by atoms with Crippen molar-refractivity contribution >= 4 is 115 Å². The van der Waals surface area contributed by atoms with Crippen LogP contribution in [0.5, 0.6) is 0 Å². The molecule has 14 aromatic rings. The number of furan rings is 1. The molecule has 0 spiro atoms. The second-order valence-electron chi connectivity index (χ2n) is 19.4. The van der Waals surface area contributed by atoms with Gasteiger partial charge in [0.25, 0.3) is 0 Å². The highest BCUT2D eigenvalue weighted by Gasteiger charge is 2.26. The monoisotopic (exact) mass is 920 g/mol. The number of para-hydroxylation sites is 3. The highest BCUT2D eigenvalue weighted by Crippen LogP contribution is 2.42. The van der Waals surface area contributed by atoms with E-state index in [1.165, 1.54) is 53.9 Å². The van der Waals surface area contributed by atoms with Gasteiger partial charge in [0.15, 0.2) is 5.84 Å².